The van der Waals surface area contributed by atoms with Crippen molar-refractivity contribution in [2.45, 2.75) is 19.0 Å². The second kappa shape index (κ2) is 5.81. The summed E-state index contributed by atoms with van der Waals surface area (Å²) < 4.78 is 0. The van der Waals surface area contributed by atoms with Crippen LogP contribution in [0.4, 0.5) is 5.69 Å². The van der Waals surface area contributed by atoms with Gasteiger partial charge in [-0.15, -0.1) is 0 Å². The maximum Gasteiger partial charge on any atom is 0.322 e. The number of anilines is 1. The van der Waals surface area contributed by atoms with Gasteiger partial charge in [0.15, 0.2) is 0 Å². The number of benzene rings is 1. The maximum atomic E-state index is 11.2. The molecular weight excluding hydrogens is 246 g/mol. The topological polar surface area (TPSA) is 90.5 Å². The zero-order valence-corrected chi connectivity index (χ0v) is 10.7. The molecule has 0 saturated carbocycles. The summed E-state index contributed by atoms with van der Waals surface area (Å²) >= 11 is 0. The highest BCUT2D eigenvalue weighted by atomic mass is 16.4. The predicted octanol–water partition coefficient (Wildman–Crippen LogP) is -0.0566. The number of aliphatic carboxylic acids is 1. The van der Waals surface area contributed by atoms with Crippen molar-refractivity contribution < 1.29 is 14.7 Å². The number of nitrogens with one attached hydrogen (secondary N) is 3. The van der Waals surface area contributed by atoms with Crippen molar-refractivity contribution in [1.29, 1.82) is 0 Å². The molecule has 6 heteroatoms. The molecule has 2 rings (SSSR count). The van der Waals surface area contributed by atoms with E-state index in [0.717, 1.165) is 16.8 Å². The Labute approximate surface area is 111 Å². The van der Waals surface area contributed by atoms with Crippen LogP contribution in [-0.2, 0) is 22.6 Å². The van der Waals surface area contributed by atoms with Crippen molar-refractivity contribution in [2.24, 2.45) is 0 Å². The third-order valence-corrected chi connectivity index (χ3v) is 3.12. The number of carbonyl (C=O) groups is 2. The Balaban J connectivity index is 1.89. The molecule has 1 aliphatic heterocycles. The van der Waals surface area contributed by atoms with Crippen molar-refractivity contribution in [3.05, 3.63) is 29.3 Å². The van der Waals surface area contributed by atoms with E-state index >= 15 is 0 Å². The van der Waals surface area contributed by atoms with Gasteiger partial charge in [-0.3, -0.25) is 9.59 Å². The third kappa shape index (κ3) is 3.30. The van der Waals surface area contributed by atoms with Crippen LogP contribution < -0.4 is 16.0 Å². The fourth-order valence-electron chi connectivity index (χ4n) is 2.07. The molecule has 1 aromatic rings. The number of fused-ring (bicyclic) bond motifs is 1. The van der Waals surface area contributed by atoms with Crippen molar-refractivity contribution in [1.82, 2.24) is 10.6 Å². The van der Waals surface area contributed by atoms with Gasteiger partial charge in [-0.05, 0) is 24.2 Å². The average Bonchev–Trinajstić information content (AvgIpc) is 2.73. The molecule has 0 saturated heterocycles. The number of hydrogen-bond donors (Lipinski definition) is 4. The molecule has 4 N–H and O–H groups in total. The molecule has 1 unspecified atom stereocenters. The molecule has 19 heavy (non-hydrogen) atoms. The molecular formula is C13H17N3O3. The summed E-state index contributed by atoms with van der Waals surface area (Å²) in [6.45, 7) is 0.924. The SMILES string of the molecule is CNC(CNCc1ccc2c(c1)CC(=O)N2)C(=O)O. The van der Waals surface area contributed by atoms with Gasteiger partial charge in [-0.1, -0.05) is 12.1 Å². The van der Waals surface area contributed by atoms with Crippen molar-refractivity contribution in [2.75, 3.05) is 18.9 Å². The first-order valence-electron chi connectivity index (χ1n) is 6.12. The fraction of sp³-hybridized carbons (Fsp3) is 0.385. The van der Waals surface area contributed by atoms with Gasteiger partial charge in [0.25, 0.3) is 0 Å². The van der Waals surface area contributed by atoms with Crippen LogP contribution in [-0.4, -0.2) is 36.6 Å². The van der Waals surface area contributed by atoms with Gasteiger partial charge in [0.1, 0.15) is 6.04 Å². The monoisotopic (exact) mass is 263 g/mol. The molecule has 102 valence electrons. The molecule has 1 heterocycles. The highest BCUT2D eigenvalue weighted by molar-refractivity contribution is 5.99. The van der Waals surface area contributed by atoms with Crippen LogP contribution in [0.25, 0.3) is 0 Å². The van der Waals surface area contributed by atoms with Crippen molar-refractivity contribution in [3.63, 3.8) is 0 Å². The van der Waals surface area contributed by atoms with E-state index < -0.39 is 12.0 Å². The van der Waals surface area contributed by atoms with Crippen LogP contribution in [0.2, 0.25) is 0 Å². The second-order valence-electron chi connectivity index (χ2n) is 4.53. The van der Waals surface area contributed by atoms with Gasteiger partial charge in [-0.2, -0.15) is 0 Å². The number of likely N-dealkylation sites (N-methyl/N-ethyl adjacent to an activating group) is 1. The lowest BCUT2D eigenvalue weighted by Crippen LogP contribution is -2.42. The zero-order valence-electron chi connectivity index (χ0n) is 10.7. The van der Waals surface area contributed by atoms with E-state index in [4.69, 9.17) is 5.11 Å². The first-order chi connectivity index (χ1) is 9.10. The van der Waals surface area contributed by atoms with E-state index in [1.54, 1.807) is 7.05 Å². The zero-order chi connectivity index (χ0) is 13.8. The minimum atomic E-state index is -0.876. The van der Waals surface area contributed by atoms with E-state index in [2.05, 4.69) is 16.0 Å². The average molecular weight is 263 g/mol. The summed E-state index contributed by atoms with van der Waals surface area (Å²) in [5.74, 6) is -0.861. The number of carboxylic acid groups (broad SMARTS) is 1. The molecule has 6 nitrogen and oxygen atoms in total. The Morgan fingerprint density at radius 1 is 1.53 bits per heavy atom. The number of carboxylic acids is 1. The summed E-state index contributed by atoms with van der Waals surface area (Å²) in [6.07, 6.45) is 0.414. The van der Waals surface area contributed by atoms with Gasteiger partial charge >= 0.3 is 5.97 Å². The lowest BCUT2D eigenvalue weighted by atomic mass is 10.1. The summed E-state index contributed by atoms with van der Waals surface area (Å²) in [6, 6.07) is 5.17. The van der Waals surface area contributed by atoms with Crippen molar-refractivity contribution >= 4 is 17.6 Å². The van der Waals surface area contributed by atoms with Gasteiger partial charge in [0, 0.05) is 18.8 Å². The third-order valence-electron chi connectivity index (χ3n) is 3.12. The number of amides is 1. The molecule has 1 atom stereocenters. The number of hydrogen-bond acceptors (Lipinski definition) is 4. The maximum absolute atomic E-state index is 11.2. The van der Waals surface area contributed by atoms with E-state index in [9.17, 15) is 9.59 Å². The summed E-state index contributed by atoms with van der Waals surface area (Å²) in [7, 11) is 1.62. The molecule has 0 aliphatic carbocycles. The first-order valence-corrected chi connectivity index (χ1v) is 6.12. The highest BCUT2D eigenvalue weighted by Crippen LogP contribution is 2.23. The van der Waals surface area contributed by atoms with E-state index in [1.165, 1.54) is 0 Å². The van der Waals surface area contributed by atoms with Crippen LogP contribution in [0.5, 0.6) is 0 Å². The van der Waals surface area contributed by atoms with Gasteiger partial charge < -0.3 is 21.1 Å². The minimum absolute atomic E-state index is 0.0150. The Hall–Kier alpha value is -1.92. The summed E-state index contributed by atoms with van der Waals surface area (Å²) in [5.41, 5.74) is 2.90. The predicted molar refractivity (Wildman–Crippen MR) is 71.0 cm³/mol. The molecule has 0 spiro atoms. The van der Waals surface area contributed by atoms with Crippen LogP contribution >= 0.6 is 0 Å². The first kappa shape index (κ1) is 13.5. The Morgan fingerprint density at radius 2 is 2.32 bits per heavy atom. The molecule has 1 aliphatic rings. The summed E-state index contributed by atoms with van der Waals surface area (Å²) in [4.78, 5) is 22.0. The van der Waals surface area contributed by atoms with Gasteiger partial charge in [0.05, 0.1) is 6.42 Å². The Bertz CT molecular complexity index is 502. The minimum Gasteiger partial charge on any atom is -0.480 e. The lowest BCUT2D eigenvalue weighted by Gasteiger charge is -2.12. The Morgan fingerprint density at radius 3 is 3.00 bits per heavy atom. The van der Waals surface area contributed by atoms with Crippen LogP contribution in [0.3, 0.4) is 0 Å². The molecule has 1 aromatic carbocycles. The van der Waals surface area contributed by atoms with E-state index in [0.29, 0.717) is 19.5 Å². The van der Waals surface area contributed by atoms with Crippen molar-refractivity contribution in [3.8, 4) is 0 Å². The molecule has 1 amide bonds. The normalized spacial score (nSPS) is 14.9. The quantitative estimate of drug-likeness (QED) is 0.577. The summed E-state index contributed by atoms with van der Waals surface area (Å²) in [5, 5.41) is 17.5. The largest absolute Gasteiger partial charge is 0.480 e. The van der Waals surface area contributed by atoms with E-state index in [1.807, 2.05) is 18.2 Å². The Kier molecular flexibility index (Phi) is 4.13. The number of carbonyl (C=O) groups excluding carboxylic acids is 1. The molecule has 0 bridgehead atoms. The van der Waals surface area contributed by atoms with E-state index in [-0.39, 0.29) is 5.91 Å². The highest BCUT2D eigenvalue weighted by Gasteiger charge is 2.17. The van der Waals surface area contributed by atoms with Gasteiger partial charge in [0.2, 0.25) is 5.91 Å². The standard InChI is InChI=1S/C13H17N3O3/c1-14-11(13(18)19)7-15-6-8-2-3-10-9(4-8)5-12(17)16-10/h2-4,11,14-15H,5-7H2,1H3,(H,16,17)(H,18,19). The molecule has 0 radical (unpaired) electrons. The smallest absolute Gasteiger partial charge is 0.322 e. The van der Waals surface area contributed by atoms with Crippen LogP contribution in [0, 0.1) is 0 Å². The van der Waals surface area contributed by atoms with Gasteiger partial charge in [-0.25, -0.2) is 0 Å². The van der Waals surface area contributed by atoms with Crippen LogP contribution in [0.1, 0.15) is 11.1 Å². The molecule has 0 aromatic heterocycles. The second-order valence-corrected chi connectivity index (χ2v) is 4.53. The fourth-order valence-corrected chi connectivity index (χ4v) is 2.07. The number of rotatable bonds is 6. The van der Waals surface area contributed by atoms with Crippen LogP contribution in [0.15, 0.2) is 18.2 Å². The lowest BCUT2D eigenvalue weighted by molar-refractivity contribution is -0.139. The molecule has 0 fully saturated rings.